The molecule has 0 spiro atoms. The van der Waals surface area contributed by atoms with E-state index < -0.39 is 5.54 Å². The van der Waals surface area contributed by atoms with Gasteiger partial charge in [-0.3, -0.25) is 4.79 Å². The van der Waals surface area contributed by atoms with E-state index in [-0.39, 0.29) is 11.9 Å². The number of hydrogen-bond acceptors (Lipinski definition) is 3. The van der Waals surface area contributed by atoms with Crippen LogP contribution in [-0.4, -0.2) is 18.1 Å². The third-order valence-electron chi connectivity index (χ3n) is 3.58. The first kappa shape index (κ1) is 15.3. The van der Waals surface area contributed by atoms with Gasteiger partial charge in [0.2, 0.25) is 0 Å². The van der Waals surface area contributed by atoms with Crippen molar-refractivity contribution in [3.63, 3.8) is 0 Å². The summed E-state index contributed by atoms with van der Waals surface area (Å²) >= 11 is 0. The Balaban J connectivity index is 2.49. The summed E-state index contributed by atoms with van der Waals surface area (Å²) < 4.78 is 5.17. The molecule has 1 atom stereocenters. The van der Waals surface area contributed by atoms with E-state index in [1.54, 1.807) is 13.8 Å². The normalized spacial score (nSPS) is 13.7. The number of esters is 1. The topological polar surface area (TPSA) is 52.3 Å². The number of benzene rings is 2. The van der Waals surface area contributed by atoms with Gasteiger partial charge in [-0.1, -0.05) is 60.7 Å². The van der Waals surface area contributed by atoms with Crippen molar-refractivity contribution in [3.8, 4) is 0 Å². The predicted molar refractivity (Wildman–Crippen MR) is 84.0 cm³/mol. The molecule has 2 aromatic rings. The summed E-state index contributed by atoms with van der Waals surface area (Å²) in [5.41, 5.74) is 7.26. The minimum Gasteiger partial charge on any atom is -0.465 e. The van der Waals surface area contributed by atoms with Crippen LogP contribution in [0, 0.1) is 0 Å². The van der Waals surface area contributed by atoms with E-state index in [2.05, 4.69) is 0 Å². The highest BCUT2D eigenvalue weighted by atomic mass is 16.5. The van der Waals surface area contributed by atoms with Gasteiger partial charge in [-0.15, -0.1) is 0 Å². The Kier molecular flexibility index (Phi) is 4.76. The molecule has 2 rings (SSSR count). The lowest BCUT2D eigenvalue weighted by Gasteiger charge is -2.32. The van der Waals surface area contributed by atoms with E-state index in [0.29, 0.717) is 6.61 Å². The third-order valence-corrected chi connectivity index (χ3v) is 3.58. The lowest BCUT2D eigenvalue weighted by atomic mass is 9.76. The van der Waals surface area contributed by atoms with E-state index in [9.17, 15) is 4.79 Å². The van der Waals surface area contributed by atoms with Gasteiger partial charge in [-0.05, 0) is 25.0 Å². The fourth-order valence-corrected chi connectivity index (χ4v) is 2.58. The maximum atomic E-state index is 12.3. The van der Waals surface area contributed by atoms with Gasteiger partial charge in [0.25, 0.3) is 0 Å². The van der Waals surface area contributed by atoms with Crippen molar-refractivity contribution in [3.05, 3.63) is 71.8 Å². The van der Waals surface area contributed by atoms with Crippen molar-refractivity contribution in [2.24, 2.45) is 5.73 Å². The molecule has 110 valence electrons. The van der Waals surface area contributed by atoms with Gasteiger partial charge < -0.3 is 10.5 Å². The molecule has 0 aromatic heterocycles. The van der Waals surface area contributed by atoms with Crippen LogP contribution in [0.4, 0.5) is 0 Å². The van der Waals surface area contributed by atoms with Gasteiger partial charge in [-0.25, -0.2) is 0 Å². The molecular formula is C18H21NO2. The largest absolute Gasteiger partial charge is 0.465 e. The Hall–Kier alpha value is -2.13. The first-order valence-corrected chi connectivity index (χ1v) is 7.13. The number of carbonyl (C=O) groups is 1. The maximum absolute atomic E-state index is 12.3. The molecule has 0 radical (unpaired) electrons. The molecule has 0 saturated heterocycles. The molecule has 0 bridgehead atoms. The Bertz CT molecular complexity index is 539. The SMILES string of the molecule is CCOC(=O)C(C)(N)C(c1ccccc1)c1ccccc1. The van der Waals surface area contributed by atoms with E-state index in [0.717, 1.165) is 11.1 Å². The summed E-state index contributed by atoms with van der Waals surface area (Å²) in [4.78, 5) is 12.3. The minimum atomic E-state index is -1.13. The molecule has 2 N–H and O–H groups in total. The van der Waals surface area contributed by atoms with Crippen LogP contribution >= 0.6 is 0 Å². The Morgan fingerprint density at radius 3 is 1.86 bits per heavy atom. The zero-order chi connectivity index (χ0) is 15.3. The van der Waals surface area contributed by atoms with Crippen molar-refractivity contribution in [1.29, 1.82) is 0 Å². The van der Waals surface area contributed by atoms with E-state index in [1.807, 2.05) is 60.7 Å². The number of rotatable bonds is 5. The highest BCUT2D eigenvalue weighted by Gasteiger charge is 2.40. The first-order valence-electron chi connectivity index (χ1n) is 7.13. The van der Waals surface area contributed by atoms with Gasteiger partial charge >= 0.3 is 5.97 Å². The van der Waals surface area contributed by atoms with Crippen LogP contribution in [0.2, 0.25) is 0 Å². The van der Waals surface area contributed by atoms with Crippen molar-refractivity contribution in [2.45, 2.75) is 25.3 Å². The molecule has 0 saturated carbocycles. The lowest BCUT2D eigenvalue weighted by Crippen LogP contribution is -2.51. The first-order chi connectivity index (χ1) is 10.1. The molecular weight excluding hydrogens is 262 g/mol. The summed E-state index contributed by atoms with van der Waals surface area (Å²) in [6, 6.07) is 19.7. The number of hydrogen-bond donors (Lipinski definition) is 1. The summed E-state index contributed by atoms with van der Waals surface area (Å²) in [5.74, 6) is -0.637. The van der Waals surface area contributed by atoms with Crippen LogP contribution in [0.15, 0.2) is 60.7 Å². The zero-order valence-electron chi connectivity index (χ0n) is 12.5. The standard InChI is InChI=1S/C18H21NO2/c1-3-21-17(20)18(2,19)16(14-10-6-4-7-11-14)15-12-8-5-9-13-15/h4-13,16H,3,19H2,1-2H3. The molecule has 2 aromatic carbocycles. The average molecular weight is 283 g/mol. The Morgan fingerprint density at radius 1 is 1.05 bits per heavy atom. The number of ether oxygens (including phenoxy) is 1. The molecule has 0 aliphatic rings. The van der Waals surface area contributed by atoms with Gasteiger partial charge in [0.1, 0.15) is 5.54 Å². The quantitative estimate of drug-likeness (QED) is 0.858. The molecule has 0 aliphatic carbocycles. The van der Waals surface area contributed by atoms with Gasteiger partial charge in [0, 0.05) is 5.92 Å². The van der Waals surface area contributed by atoms with Crippen LogP contribution in [-0.2, 0) is 9.53 Å². The van der Waals surface area contributed by atoms with E-state index in [4.69, 9.17) is 10.5 Å². The van der Waals surface area contributed by atoms with Gasteiger partial charge in [0.05, 0.1) is 6.61 Å². The van der Waals surface area contributed by atoms with Crippen LogP contribution in [0.5, 0.6) is 0 Å². The fraction of sp³-hybridized carbons (Fsp3) is 0.278. The van der Waals surface area contributed by atoms with Crippen molar-refractivity contribution >= 4 is 5.97 Å². The van der Waals surface area contributed by atoms with Crippen molar-refractivity contribution < 1.29 is 9.53 Å². The Morgan fingerprint density at radius 2 is 1.48 bits per heavy atom. The van der Waals surface area contributed by atoms with Crippen molar-refractivity contribution in [1.82, 2.24) is 0 Å². The predicted octanol–water partition coefficient (Wildman–Crippen LogP) is 3.10. The average Bonchev–Trinajstić information content (AvgIpc) is 2.49. The van der Waals surface area contributed by atoms with Crippen LogP contribution < -0.4 is 5.73 Å². The van der Waals surface area contributed by atoms with Crippen LogP contribution in [0.25, 0.3) is 0 Å². The summed E-state index contributed by atoms with van der Waals surface area (Å²) in [6.07, 6.45) is 0. The highest BCUT2D eigenvalue weighted by molar-refractivity contribution is 5.82. The molecule has 0 aliphatic heterocycles. The van der Waals surface area contributed by atoms with Crippen LogP contribution in [0.3, 0.4) is 0 Å². The maximum Gasteiger partial charge on any atom is 0.326 e. The Labute approximate surface area is 125 Å². The molecule has 0 heterocycles. The van der Waals surface area contributed by atoms with E-state index >= 15 is 0 Å². The number of carbonyl (C=O) groups excluding carboxylic acids is 1. The lowest BCUT2D eigenvalue weighted by molar-refractivity contribution is -0.149. The second kappa shape index (κ2) is 6.55. The fourth-order valence-electron chi connectivity index (χ4n) is 2.58. The second-order valence-electron chi connectivity index (χ2n) is 5.26. The molecule has 0 fully saturated rings. The third kappa shape index (κ3) is 3.31. The summed E-state index contributed by atoms with van der Waals surface area (Å²) in [5, 5.41) is 0. The molecule has 3 nitrogen and oxygen atoms in total. The molecule has 3 heteroatoms. The van der Waals surface area contributed by atoms with E-state index in [1.165, 1.54) is 0 Å². The molecule has 0 amide bonds. The summed E-state index contributed by atoms with van der Waals surface area (Å²) in [6.45, 7) is 3.84. The van der Waals surface area contributed by atoms with Crippen molar-refractivity contribution in [2.75, 3.05) is 6.61 Å². The smallest absolute Gasteiger partial charge is 0.326 e. The molecule has 21 heavy (non-hydrogen) atoms. The molecule has 1 unspecified atom stereocenters. The summed E-state index contributed by atoms with van der Waals surface area (Å²) in [7, 11) is 0. The zero-order valence-corrected chi connectivity index (χ0v) is 12.5. The monoisotopic (exact) mass is 283 g/mol. The highest BCUT2D eigenvalue weighted by Crippen LogP contribution is 2.34. The number of nitrogens with two attached hydrogens (primary N) is 1. The van der Waals surface area contributed by atoms with Gasteiger partial charge in [0.15, 0.2) is 0 Å². The van der Waals surface area contributed by atoms with Crippen LogP contribution in [0.1, 0.15) is 30.9 Å². The van der Waals surface area contributed by atoms with Gasteiger partial charge in [-0.2, -0.15) is 0 Å². The second-order valence-corrected chi connectivity index (χ2v) is 5.26. The minimum absolute atomic E-state index is 0.251.